The number of hydrogen-bond donors (Lipinski definition) is 3. The van der Waals surface area contributed by atoms with Gasteiger partial charge in [-0.3, -0.25) is 0 Å². The van der Waals surface area contributed by atoms with Gasteiger partial charge in [0.05, 0.1) is 13.2 Å². The second kappa shape index (κ2) is 4.15. The summed E-state index contributed by atoms with van der Waals surface area (Å²) in [6.45, 7) is -0.0762. The van der Waals surface area contributed by atoms with Crippen molar-refractivity contribution in [2.45, 2.75) is 24.4 Å². The molecule has 0 amide bonds. The third-order valence-electron chi connectivity index (χ3n) is 1.97. The lowest BCUT2D eigenvalue weighted by atomic mass is 10.1. The van der Waals surface area contributed by atoms with Crippen molar-refractivity contribution in [3.63, 3.8) is 0 Å². The summed E-state index contributed by atoms with van der Waals surface area (Å²) < 4.78 is 9.86. The highest BCUT2D eigenvalue weighted by atomic mass is 16.6. The highest BCUT2D eigenvalue weighted by Crippen LogP contribution is 2.20. The first-order valence-electron chi connectivity index (χ1n) is 3.82. The van der Waals surface area contributed by atoms with Crippen LogP contribution in [-0.2, 0) is 9.47 Å². The minimum Gasteiger partial charge on any atom is -0.394 e. The van der Waals surface area contributed by atoms with Crippen LogP contribution in [-0.4, -0.2) is 60.1 Å². The second-order valence-corrected chi connectivity index (χ2v) is 2.83. The van der Waals surface area contributed by atoms with Gasteiger partial charge >= 0.3 is 0 Å². The van der Waals surface area contributed by atoms with E-state index in [4.69, 9.17) is 14.6 Å². The fourth-order valence-electron chi connectivity index (χ4n) is 1.28. The van der Waals surface area contributed by atoms with E-state index < -0.39 is 24.4 Å². The zero-order valence-corrected chi connectivity index (χ0v) is 6.88. The lowest BCUT2D eigenvalue weighted by Gasteiger charge is -2.12. The van der Waals surface area contributed by atoms with E-state index in [1.165, 1.54) is 7.11 Å². The average molecular weight is 178 g/mol. The van der Waals surface area contributed by atoms with Crippen LogP contribution in [0.25, 0.3) is 0 Å². The Balaban J connectivity index is 2.48. The van der Waals surface area contributed by atoms with E-state index in [0.29, 0.717) is 0 Å². The molecule has 0 spiro atoms. The van der Waals surface area contributed by atoms with Crippen LogP contribution in [0.4, 0.5) is 0 Å². The molecule has 5 nitrogen and oxygen atoms in total. The van der Waals surface area contributed by atoms with Crippen LogP contribution in [0.3, 0.4) is 0 Å². The van der Waals surface area contributed by atoms with Crippen LogP contribution in [0.15, 0.2) is 0 Å². The molecule has 72 valence electrons. The summed E-state index contributed by atoms with van der Waals surface area (Å²) in [5.74, 6) is 0. The number of ether oxygens (including phenoxy) is 2. The van der Waals surface area contributed by atoms with Crippen LogP contribution >= 0.6 is 0 Å². The zero-order chi connectivity index (χ0) is 9.14. The summed E-state index contributed by atoms with van der Waals surface area (Å²) in [5, 5.41) is 27.3. The van der Waals surface area contributed by atoms with Gasteiger partial charge in [-0.05, 0) is 0 Å². The molecule has 1 rings (SSSR count). The normalized spacial score (nSPS) is 42.0. The Hall–Kier alpha value is -0.200. The Morgan fingerprint density at radius 3 is 2.25 bits per heavy atom. The molecule has 0 aromatic carbocycles. The Bertz CT molecular complexity index is 140. The molecule has 1 unspecified atom stereocenters. The maximum atomic E-state index is 9.32. The SMILES string of the molecule is COCC1O[C@H](CO)[C@@H](O)[C@H]1O. The summed E-state index contributed by atoms with van der Waals surface area (Å²) >= 11 is 0. The first kappa shape index (κ1) is 9.88. The quantitative estimate of drug-likeness (QED) is 0.471. The zero-order valence-electron chi connectivity index (χ0n) is 6.88. The molecule has 0 aromatic heterocycles. The van der Waals surface area contributed by atoms with Gasteiger partial charge in [-0.15, -0.1) is 0 Å². The van der Waals surface area contributed by atoms with Gasteiger partial charge in [0.2, 0.25) is 0 Å². The topological polar surface area (TPSA) is 79.2 Å². The lowest BCUT2D eigenvalue weighted by Crippen LogP contribution is -2.35. The predicted octanol–water partition coefficient (Wildman–Crippen LogP) is -1.89. The third kappa shape index (κ3) is 1.75. The molecule has 1 aliphatic heterocycles. The van der Waals surface area contributed by atoms with Crippen molar-refractivity contribution >= 4 is 0 Å². The van der Waals surface area contributed by atoms with Gasteiger partial charge in [0, 0.05) is 7.11 Å². The Morgan fingerprint density at radius 2 is 1.83 bits per heavy atom. The van der Waals surface area contributed by atoms with Crippen LogP contribution in [0.1, 0.15) is 0 Å². The summed E-state index contributed by atoms with van der Waals surface area (Å²) in [7, 11) is 1.48. The minimum absolute atomic E-state index is 0.217. The number of hydrogen-bond acceptors (Lipinski definition) is 5. The molecule has 12 heavy (non-hydrogen) atoms. The second-order valence-electron chi connectivity index (χ2n) is 2.83. The van der Waals surface area contributed by atoms with E-state index in [2.05, 4.69) is 0 Å². The number of rotatable bonds is 3. The van der Waals surface area contributed by atoms with Crippen molar-refractivity contribution in [2.24, 2.45) is 0 Å². The van der Waals surface area contributed by atoms with Crippen molar-refractivity contribution in [1.82, 2.24) is 0 Å². The first-order valence-corrected chi connectivity index (χ1v) is 3.82. The molecule has 1 aliphatic rings. The molecule has 5 heteroatoms. The molecule has 0 saturated carbocycles. The van der Waals surface area contributed by atoms with Gasteiger partial charge in [-0.2, -0.15) is 0 Å². The van der Waals surface area contributed by atoms with Gasteiger partial charge in [-0.25, -0.2) is 0 Å². The Labute approximate surface area is 70.5 Å². The van der Waals surface area contributed by atoms with E-state index in [1.807, 2.05) is 0 Å². The highest BCUT2D eigenvalue weighted by molar-refractivity contribution is 4.89. The monoisotopic (exact) mass is 178 g/mol. The summed E-state index contributed by atoms with van der Waals surface area (Å²) in [6, 6.07) is 0. The van der Waals surface area contributed by atoms with Crippen molar-refractivity contribution in [1.29, 1.82) is 0 Å². The molecule has 0 bridgehead atoms. The number of aliphatic hydroxyl groups excluding tert-OH is 3. The first-order chi connectivity index (χ1) is 5.70. The van der Waals surface area contributed by atoms with Crippen LogP contribution < -0.4 is 0 Å². The molecule has 0 aromatic rings. The molecule has 1 heterocycles. The van der Waals surface area contributed by atoms with Gasteiger partial charge in [-0.1, -0.05) is 0 Å². The molecule has 0 radical (unpaired) electrons. The predicted molar refractivity (Wildman–Crippen MR) is 39.6 cm³/mol. The van der Waals surface area contributed by atoms with Crippen LogP contribution in [0, 0.1) is 0 Å². The standard InChI is InChI=1S/C7H14O5/c1-11-3-5-7(10)6(9)4(2-8)12-5/h4-10H,2-3H2,1H3/t4-,5?,6-,7+/m1/s1. The van der Waals surface area contributed by atoms with Crippen molar-refractivity contribution in [3.05, 3.63) is 0 Å². The average Bonchev–Trinajstić information content (AvgIpc) is 2.33. The van der Waals surface area contributed by atoms with Crippen molar-refractivity contribution < 1.29 is 24.8 Å². The van der Waals surface area contributed by atoms with Crippen LogP contribution in [0.2, 0.25) is 0 Å². The van der Waals surface area contributed by atoms with Gasteiger partial charge in [0.25, 0.3) is 0 Å². The van der Waals surface area contributed by atoms with Gasteiger partial charge in [0.1, 0.15) is 24.4 Å². The van der Waals surface area contributed by atoms with Crippen molar-refractivity contribution in [2.75, 3.05) is 20.3 Å². The molecule has 3 N–H and O–H groups in total. The lowest BCUT2D eigenvalue weighted by molar-refractivity contribution is -0.0473. The molecular weight excluding hydrogens is 164 g/mol. The molecule has 1 fully saturated rings. The number of aliphatic hydroxyl groups is 3. The Morgan fingerprint density at radius 1 is 1.25 bits per heavy atom. The fraction of sp³-hybridized carbons (Fsp3) is 1.00. The van der Waals surface area contributed by atoms with Gasteiger partial charge in [0.15, 0.2) is 0 Å². The third-order valence-corrected chi connectivity index (χ3v) is 1.97. The highest BCUT2D eigenvalue weighted by Gasteiger charge is 2.41. The van der Waals surface area contributed by atoms with E-state index >= 15 is 0 Å². The smallest absolute Gasteiger partial charge is 0.111 e. The maximum Gasteiger partial charge on any atom is 0.111 e. The van der Waals surface area contributed by atoms with Gasteiger partial charge < -0.3 is 24.8 Å². The molecular formula is C7H14O5. The van der Waals surface area contributed by atoms with E-state index in [-0.39, 0.29) is 13.2 Å². The summed E-state index contributed by atoms with van der Waals surface area (Å²) in [5.41, 5.74) is 0. The number of methoxy groups -OCH3 is 1. The molecule has 4 atom stereocenters. The van der Waals surface area contributed by atoms with Crippen molar-refractivity contribution in [3.8, 4) is 0 Å². The Kier molecular flexibility index (Phi) is 3.42. The van der Waals surface area contributed by atoms with Crippen LogP contribution in [0.5, 0.6) is 0 Å². The largest absolute Gasteiger partial charge is 0.394 e. The molecule has 0 aliphatic carbocycles. The molecule has 1 saturated heterocycles. The fourth-order valence-corrected chi connectivity index (χ4v) is 1.28. The maximum absolute atomic E-state index is 9.32. The summed E-state index contributed by atoms with van der Waals surface area (Å²) in [6.07, 6.45) is -3.22. The van der Waals surface area contributed by atoms with E-state index in [0.717, 1.165) is 0 Å². The van der Waals surface area contributed by atoms with E-state index in [1.54, 1.807) is 0 Å². The summed E-state index contributed by atoms with van der Waals surface area (Å²) in [4.78, 5) is 0. The minimum atomic E-state index is -1.02. The van der Waals surface area contributed by atoms with E-state index in [9.17, 15) is 10.2 Å².